The Balaban J connectivity index is 2.37. The van der Waals surface area contributed by atoms with Crippen LogP contribution in [0, 0.1) is 0 Å². The van der Waals surface area contributed by atoms with Crippen molar-refractivity contribution < 1.29 is 44.3 Å². The van der Waals surface area contributed by atoms with Crippen LogP contribution in [-0.2, 0) is 17.4 Å². The largest absolute Gasteiger partial charge is 0.416 e. The van der Waals surface area contributed by atoms with E-state index in [4.69, 9.17) is 34.8 Å². The molecule has 35 heavy (non-hydrogen) atoms. The summed E-state index contributed by atoms with van der Waals surface area (Å²) in [6.45, 7) is 0. The molecular weight excluding hydrogens is 558 g/mol. The minimum Gasteiger partial charge on any atom is -0.299 e. The molecule has 0 aliphatic rings. The van der Waals surface area contributed by atoms with Gasteiger partial charge in [0.25, 0.3) is 0 Å². The zero-order chi connectivity index (χ0) is 26.8. The number of carbonyl (C=O) groups is 1. The fourth-order valence-corrected chi connectivity index (χ4v) is 3.75. The van der Waals surface area contributed by atoms with Gasteiger partial charge in [-0.2, -0.15) is 39.5 Å². The van der Waals surface area contributed by atoms with E-state index in [-0.39, 0.29) is 20.6 Å². The van der Waals surface area contributed by atoms with E-state index in [0.29, 0.717) is 12.1 Å². The van der Waals surface area contributed by atoms with Gasteiger partial charge in [-0.25, -0.2) is 0 Å². The van der Waals surface area contributed by atoms with Gasteiger partial charge in [0.1, 0.15) is 12.2 Å². The Morgan fingerprint density at radius 1 is 0.886 bits per heavy atom. The number of rotatable bonds is 7. The number of alkyl halides is 9. The van der Waals surface area contributed by atoms with E-state index in [1.54, 1.807) is 0 Å². The standard InChI is InChI=1S/C22H14Cl3F9O/c23-17-8-13(9-18(24)19(17)25)15(21(29,30)31)6-2-11-1-3-12(16(7-11)22(32,33)34)4-5-14(35)10-20(26,27)28/h1-3,6-9,15H,4-5,10H2/b6-2+. The number of halogens is 12. The van der Waals surface area contributed by atoms with Crippen LogP contribution in [0.15, 0.2) is 36.4 Å². The lowest BCUT2D eigenvalue weighted by Gasteiger charge is -2.19. The molecule has 192 valence electrons. The Bertz CT molecular complexity index is 1080. The summed E-state index contributed by atoms with van der Waals surface area (Å²) in [5.41, 5.74) is -2.40. The molecule has 0 aliphatic carbocycles. The fraction of sp³-hybridized carbons (Fsp3) is 0.318. The quantitative estimate of drug-likeness (QED) is 0.239. The van der Waals surface area contributed by atoms with E-state index in [1.165, 1.54) is 0 Å². The van der Waals surface area contributed by atoms with Crippen molar-refractivity contribution in [2.24, 2.45) is 0 Å². The topological polar surface area (TPSA) is 17.1 Å². The summed E-state index contributed by atoms with van der Waals surface area (Å²) in [6, 6.07) is 4.38. The van der Waals surface area contributed by atoms with Crippen molar-refractivity contribution in [2.45, 2.75) is 43.7 Å². The van der Waals surface area contributed by atoms with Crippen LogP contribution >= 0.6 is 34.8 Å². The maximum atomic E-state index is 13.6. The molecule has 1 unspecified atom stereocenters. The minimum atomic E-state index is -4.97. The summed E-state index contributed by atoms with van der Waals surface area (Å²) >= 11 is 17.3. The minimum absolute atomic E-state index is 0.166. The van der Waals surface area contributed by atoms with Gasteiger partial charge in [-0.15, -0.1) is 0 Å². The van der Waals surface area contributed by atoms with Gasteiger partial charge in [-0.3, -0.25) is 4.79 Å². The Kier molecular flexibility index (Phi) is 9.22. The van der Waals surface area contributed by atoms with Crippen LogP contribution in [0.3, 0.4) is 0 Å². The molecule has 0 aliphatic heterocycles. The van der Waals surface area contributed by atoms with Crippen LogP contribution in [0.2, 0.25) is 15.1 Å². The summed E-state index contributed by atoms with van der Waals surface area (Å²) in [6.07, 6.45) is -16.4. The maximum Gasteiger partial charge on any atom is 0.416 e. The predicted molar refractivity (Wildman–Crippen MR) is 115 cm³/mol. The molecule has 0 bridgehead atoms. The molecular formula is C22H14Cl3F9O. The number of hydrogen-bond acceptors (Lipinski definition) is 1. The second-order valence-electron chi connectivity index (χ2n) is 7.42. The van der Waals surface area contributed by atoms with Crippen LogP contribution in [-0.4, -0.2) is 18.1 Å². The van der Waals surface area contributed by atoms with Gasteiger partial charge in [-0.05, 0) is 41.3 Å². The van der Waals surface area contributed by atoms with E-state index in [2.05, 4.69) is 0 Å². The van der Waals surface area contributed by atoms with E-state index in [0.717, 1.165) is 30.3 Å². The van der Waals surface area contributed by atoms with Gasteiger partial charge in [0.15, 0.2) is 0 Å². The number of carbonyl (C=O) groups excluding carboxylic acids is 1. The van der Waals surface area contributed by atoms with Crippen molar-refractivity contribution in [3.8, 4) is 0 Å². The van der Waals surface area contributed by atoms with Gasteiger partial charge in [0.05, 0.1) is 26.5 Å². The first-order valence-electron chi connectivity index (χ1n) is 9.56. The van der Waals surface area contributed by atoms with Crippen molar-refractivity contribution >= 4 is 46.7 Å². The van der Waals surface area contributed by atoms with Gasteiger partial charge < -0.3 is 0 Å². The van der Waals surface area contributed by atoms with E-state index in [1.807, 2.05) is 0 Å². The van der Waals surface area contributed by atoms with Crippen LogP contribution in [0.1, 0.15) is 41.0 Å². The monoisotopic (exact) mass is 570 g/mol. The van der Waals surface area contributed by atoms with Crippen LogP contribution in [0.5, 0.6) is 0 Å². The van der Waals surface area contributed by atoms with E-state index >= 15 is 0 Å². The molecule has 1 nitrogen and oxygen atoms in total. The summed E-state index contributed by atoms with van der Waals surface area (Å²) in [4.78, 5) is 11.4. The van der Waals surface area contributed by atoms with Crippen molar-refractivity contribution in [1.82, 2.24) is 0 Å². The zero-order valence-corrected chi connectivity index (χ0v) is 19.5. The Hall–Kier alpha value is -1.91. The van der Waals surface area contributed by atoms with Gasteiger partial charge in [-0.1, -0.05) is 59.1 Å². The predicted octanol–water partition coefficient (Wildman–Crippen LogP) is 9.48. The number of benzene rings is 2. The molecule has 2 rings (SSSR count). The third-order valence-electron chi connectivity index (χ3n) is 4.71. The highest BCUT2D eigenvalue weighted by Crippen LogP contribution is 2.41. The number of Topliss-reactive ketones (excluding diaryl/α,β-unsaturated/α-hetero) is 1. The summed E-state index contributed by atoms with van der Waals surface area (Å²) in [5, 5.41) is -0.665. The first-order valence-corrected chi connectivity index (χ1v) is 10.7. The number of ketones is 1. The van der Waals surface area contributed by atoms with E-state index in [9.17, 15) is 44.3 Å². The second-order valence-corrected chi connectivity index (χ2v) is 8.61. The van der Waals surface area contributed by atoms with Crippen LogP contribution < -0.4 is 0 Å². The van der Waals surface area contributed by atoms with Crippen LogP contribution in [0.25, 0.3) is 6.08 Å². The van der Waals surface area contributed by atoms with Crippen molar-refractivity contribution in [2.75, 3.05) is 0 Å². The van der Waals surface area contributed by atoms with Crippen molar-refractivity contribution in [3.63, 3.8) is 0 Å². The Morgan fingerprint density at radius 2 is 1.46 bits per heavy atom. The van der Waals surface area contributed by atoms with Gasteiger partial charge in [0, 0.05) is 6.42 Å². The highest BCUT2D eigenvalue weighted by atomic mass is 35.5. The lowest BCUT2D eigenvalue weighted by Crippen LogP contribution is -2.19. The second kappa shape index (κ2) is 11.0. The Morgan fingerprint density at radius 3 is 1.94 bits per heavy atom. The van der Waals surface area contributed by atoms with Gasteiger partial charge >= 0.3 is 18.5 Å². The number of aryl methyl sites for hydroxylation is 1. The maximum absolute atomic E-state index is 13.6. The normalized spacial score (nSPS) is 13.9. The SMILES string of the molecule is O=C(CCc1ccc(/C=C/C(c2cc(Cl)c(Cl)c(Cl)c2)C(F)(F)F)cc1C(F)(F)F)CC(F)(F)F. The molecule has 0 aromatic heterocycles. The molecule has 0 saturated carbocycles. The Labute approximate surface area is 208 Å². The van der Waals surface area contributed by atoms with Crippen molar-refractivity contribution in [1.29, 1.82) is 0 Å². The van der Waals surface area contributed by atoms with Gasteiger partial charge in [0.2, 0.25) is 0 Å². The van der Waals surface area contributed by atoms with Crippen LogP contribution in [0.4, 0.5) is 39.5 Å². The summed E-state index contributed by atoms with van der Waals surface area (Å²) in [7, 11) is 0. The molecule has 0 N–H and O–H groups in total. The number of allylic oxidation sites excluding steroid dienone is 1. The van der Waals surface area contributed by atoms with E-state index < -0.39 is 66.2 Å². The lowest BCUT2D eigenvalue weighted by atomic mass is 9.95. The van der Waals surface area contributed by atoms with Crippen molar-refractivity contribution in [3.05, 3.63) is 73.7 Å². The lowest BCUT2D eigenvalue weighted by molar-refractivity contribution is -0.152. The molecule has 2 aromatic rings. The summed E-state index contributed by atoms with van der Waals surface area (Å²) < 4.78 is 118. The average Bonchev–Trinajstić information content (AvgIpc) is 2.68. The third kappa shape index (κ3) is 8.61. The first kappa shape index (κ1) is 29.3. The number of hydrogen-bond donors (Lipinski definition) is 0. The smallest absolute Gasteiger partial charge is 0.299 e. The third-order valence-corrected chi connectivity index (χ3v) is 5.91. The molecule has 0 saturated heterocycles. The molecule has 0 amide bonds. The average molecular weight is 572 g/mol. The molecule has 13 heteroatoms. The zero-order valence-electron chi connectivity index (χ0n) is 17.2. The molecule has 0 fully saturated rings. The highest BCUT2D eigenvalue weighted by Gasteiger charge is 2.39. The molecule has 0 radical (unpaired) electrons. The molecule has 2 aromatic carbocycles. The molecule has 0 heterocycles. The molecule has 1 atom stereocenters. The first-order chi connectivity index (χ1) is 15.9. The fourth-order valence-electron chi connectivity index (χ4n) is 3.14. The highest BCUT2D eigenvalue weighted by molar-refractivity contribution is 6.48. The molecule has 0 spiro atoms. The summed E-state index contributed by atoms with van der Waals surface area (Å²) in [5.74, 6) is -3.58.